The molecule has 0 aliphatic carbocycles. The minimum absolute atomic E-state index is 0.00107. The maximum Gasteiger partial charge on any atom is 0.0598 e. The second-order valence-corrected chi connectivity index (χ2v) is 5.03. The maximum atomic E-state index is 5.71. The fourth-order valence-electron chi connectivity index (χ4n) is 1.64. The van der Waals surface area contributed by atoms with Crippen LogP contribution in [0.5, 0.6) is 0 Å². The van der Waals surface area contributed by atoms with Gasteiger partial charge in [-0.05, 0) is 46.6 Å². The molecule has 0 spiro atoms. The number of rotatable bonds is 6. The van der Waals surface area contributed by atoms with Crippen LogP contribution in [-0.4, -0.2) is 25.3 Å². The molecule has 1 N–H and O–H groups in total. The second-order valence-electron chi connectivity index (χ2n) is 5.03. The smallest absolute Gasteiger partial charge is 0.0598 e. The monoisotopic (exact) mass is 201 g/mol. The molecular formula is C12H27NO. The van der Waals surface area contributed by atoms with Gasteiger partial charge in [-0.1, -0.05) is 13.8 Å². The van der Waals surface area contributed by atoms with Crippen molar-refractivity contribution in [2.45, 2.75) is 59.1 Å². The molecule has 2 nitrogen and oxygen atoms in total. The Hall–Kier alpha value is -0.0800. The fraction of sp³-hybridized carbons (Fsp3) is 1.00. The Bertz CT molecular complexity index is 136. The molecule has 0 aliphatic heterocycles. The molecule has 0 heterocycles. The first kappa shape index (κ1) is 13.9. The van der Waals surface area contributed by atoms with Crippen LogP contribution in [0.2, 0.25) is 0 Å². The van der Waals surface area contributed by atoms with Crippen LogP contribution < -0.4 is 5.32 Å². The first-order valence-corrected chi connectivity index (χ1v) is 5.72. The van der Waals surface area contributed by atoms with Crippen LogP contribution in [-0.2, 0) is 4.74 Å². The summed E-state index contributed by atoms with van der Waals surface area (Å²) >= 11 is 0. The Morgan fingerprint density at radius 2 is 1.86 bits per heavy atom. The third-order valence-electron chi connectivity index (χ3n) is 2.61. The highest BCUT2D eigenvalue weighted by molar-refractivity contribution is 4.70. The van der Waals surface area contributed by atoms with Gasteiger partial charge in [-0.25, -0.2) is 0 Å². The van der Waals surface area contributed by atoms with Gasteiger partial charge in [-0.2, -0.15) is 0 Å². The van der Waals surface area contributed by atoms with E-state index in [9.17, 15) is 0 Å². The van der Waals surface area contributed by atoms with Crippen molar-refractivity contribution >= 4 is 0 Å². The Morgan fingerprint density at radius 3 is 2.21 bits per heavy atom. The number of hydrogen-bond donors (Lipinski definition) is 1. The van der Waals surface area contributed by atoms with E-state index in [1.807, 2.05) is 7.05 Å². The van der Waals surface area contributed by atoms with Crippen LogP contribution in [0.15, 0.2) is 0 Å². The highest BCUT2D eigenvalue weighted by Crippen LogP contribution is 2.14. The molecule has 0 radical (unpaired) electrons. The third-order valence-corrected chi connectivity index (χ3v) is 2.61. The Labute approximate surface area is 89.4 Å². The van der Waals surface area contributed by atoms with Crippen molar-refractivity contribution in [1.29, 1.82) is 0 Å². The van der Waals surface area contributed by atoms with Crippen molar-refractivity contribution in [2.75, 3.05) is 13.7 Å². The minimum Gasteiger partial charge on any atom is -0.376 e. The predicted molar refractivity (Wildman–Crippen MR) is 62.6 cm³/mol. The number of nitrogens with one attached hydrogen (secondary N) is 1. The summed E-state index contributed by atoms with van der Waals surface area (Å²) in [5.74, 6) is 0.687. The van der Waals surface area contributed by atoms with Gasteiger partial charge < -0.3 is 10.1 Å². The third kappa shape index (κ3) is 6.39. The predicted octanol–water partition coefficient (Wildman–Crippen LogP) is 2.83. The highest BCUT2D eigenvalue weighted by Gasteiger charge is 2.15. The zero-order chi connectivity index (χ0) is 11.2. The standard InChI is InChI=1S/C12H27NO/c1-7-11(13-6)10(2)8-9-14-12(3,4)5/h10-11,13H,7-9H2,1-6H3. The van der Waals surface area contributed by atoms with Crippen LogP contribution in [0.1, 0.15) is 47.5 Å². The molecule has 0 saturated heterocycles. The molecule has 0 aromatic carbocycles. The molecule has 0 fully saturated rings. The molecule has 0 amide bonds. The summed E-state index contributed by atoms with van der Waals surface area (Å²) in [5.41, 5.74) is 0.00107. The van der Waals surface area contributed by atoms with E-state index in [-0.39, 0.29) is 5.60 Å². The SMILES string of the molecule is CCC(NC)C(C)CCOC(C)(C)C. The molecule has 86 valence electrons. The van der Waals surface area contributed by atoms with Gasteiger partial charge >= 0.3 is 0 Å². The fourth-order valence-corrected chi connectivity index (χ4v) is 1.64. The topological polar surface area (TPSA) is 21.3 Å². The number of ether oxygens (including phenoxy) is 1. The van der Waals surface area contributed by atoms with Gasteiger partial charge in [-0.15, -0.1) is 0 Å². The van der Waals surface area contributed by atoms with Gasteiger partial charge in [-0.3, -0.25) is 0 Å². The summed E-state index contributed by atoms with van der Waals surface area (Å²) in [6.07, 6.45) is 2.32. The summed E-state index contributed by atoms with van der Waals surface area (Å²) < 4.78 is 5.71. The van der Waals surface area contributed by atoms with Crippen LogP contribution in [0.3, 0.4) is 0 Å². The molecule has 2 heteroatoms. The molecule has 2 atom stereocenters. The molecule has 0 saturated carbocycles. The van der Waals surface area contributed by atoms with Crippen molar-refractivity contribution < 1.29 is 4.74 Å². The molecule has 0 bridgehead atoms. The summed E-state index contributed by atoms with van der Waals surface area (Å²) in [5, 5.41) is 3.34. The molecule has 0 aromatic rings. The van der Waals surface area contributed by atoms with Crippen LogP contribution in [0.4, 0.5) is 0 Å². The van der Waals surface area contributed by atoms with Gasteiger partial charge in [0.1, 0.15) is 0 Å². The zero-order valence-corrected chi connectivity index (χ0v) is 10.7. The Kier molecular flexibility index (Phi) is 6.38. The Morgan fingerprint density at radius 1 is 1.29 bits per heavy atom. The average Bonchev–Trinajstić information content (AvgIpc) is 2.04. The van der Waals surface area contributed by atoms with E-state index < -0.39 is 0 Å². The summed E-state index contributed by atoms with van der Waals surface area (Å²) in [6.45, 7) is 11.7. The second kappa shape index (κ2) is 6.41. The van der Waals surface area contributed by atoms with Gasteiger partial charge in [0.15, 0.2) is 0 Å². The molecule has 0 aliphatic rings. The van der Waals surface area contributed by atoms with E-state index in [1.54, 1.807) is 0 Å². The summed E-state index contributed by atoms with van der Waals surface area (Å²) in [6, 6.07) is 0.624. The quantitative estimate of drug-likeness (QED) is 0.713. The normalized spacial score (nSPS) is 16.7. The summed E-state index contributed by atoms with van der Waals surface area (Å²) in [4.78, 5) is 0. The first-order valence-electron chi connectivity index (χ1n) is 5.72. The van der Waals surface area contributed by atoms with Crippen molar-refractivity contribution in [3.63, 3.8) is 0 Å². The Balaban J connectivity index is 3.67. The molecule has 2 unspecified atom stereocenters. The lowest BCUT2D eigenvalue weighted by atomic mass is 9.97. The van der Waals surface area contributed by atoms with Gasteiger partial charge in [0.2, 0.25) is 0 Å². The maximum absolute atomic E-state index is 5.71. The molecule has 0 aromatic heterocycles. The van der Waals surface area contributed by atoms with E-state index in [0.29, 0.717) is 12.0 Å². The molecule has 0 rings (SSSR count). The lowest BCUT2D eigenvalue weighted by Gasteiger charge is -2.25. The van der Waals surface area contributed by atoms with Crippen LogP contribution >= 0.6 is 0 Å². The van der Waals surface area contributed by atoms with Crippen molar-refractivity contribution in [1.82, 2.24) is 5.32 Å². The van der Waals surface area contributed by atoms with Crippen molar-refractivity contribution in [3.05, 3.63) is 0 Å². The average molecular weight is 201 g/mol. The van der Waals surface area contributed by atoms with Crippen molar-refractivity contribution in [2.24, 2.45) is 5.92 Å². The highest BCUT2D eigenvalue weighted by atomic mass is 16.5. The largest absolute Gasteiger partial charge is 0.376 e. The first-order chi connectivity index (χ1) is 6.40. The zero-order valence-electron chi connectivity index (χ0n) is 10.7. The van der Waals surface area contributed by atoms with Gasteiger partial charge in [0.25, 0.3) is 0 Å². The van der Waals surface area contributed by atoms with E-state index in [1.165, 1.54) is 6.42 Å². The van der Waals surface area contributed by atoms with Crippen molar-refractivity contribution in [3.8, 4) is 0 Å². The minimum atomic E-state index is 0.00107. The van der Waals surface area contributed by atoms with Gasteiger partial charge in [0, 0.05) is 12.6 Å². The van der Waals surface area contributed by atoms with Crippen LogP contribution in [0.25, 0.3) is 0 Å². The summed E-state index contributed by atoms with van der Waals surface area (Å²) in [7, 11) is 2.04. The van der Waals surface area contributed by atoms with E-state index >= 15 is 0 Å². The molecule has 14 heavy (non-hydrogen) atoms. The lowest BCUT2D eigenvalue weighted by molar-refractivity contribution is -0.0101. The number of hydrogen-bond acceptors (Lipinski definition) is 2. The van der Waals surface area contributed by atoms with E-state index in [2.05, 4.69) is 39.9 Å². The molecular weight excluding hydrogens is 174 g/mol. The van der Waals surface area contributed by atoms with Crippen LogP contribution in [0, 0.1) is 5.92 Å². The van der Waals surface area contributed by atoms with E-state index in [0.717, 1.165) is 13.0 Å². The van der Waals surface area contributed by atoms with E-state index in [4.69, 9.17) is 4.74 Å². The lowest BCUT2D eigenvalue weighted by Crippen LogP contribution is -2.32. The van der Waals surface area contributed by atoms with Gasteiger partial charge in [0.05, 0.1) is 5.60 Å².